The minimum absolute atomic E-state index is 0.345. The number of pyridine rings is 1. The summed E-state index contributed by atoms with van der Waals surface area (Å²) in [6, 6.07) is 13.4. The molecular formula is C16H18N2O2S. The molecule has 0 atom stereocenters. The molecule has 0 aliphatic heterocycles. The SMILES string of the molecule is CCN(CC)C(=O)Oc1cccnc1Sc1ccccc1. The highest BCUT2D eigenvalue weighted by atomic mass is 32.2. The van der Waals surface area contributed by atoms with E-state index in [2.05, 4.69) is 4.98 Å². The van der Waals surface area contributed by atoms with E-state index in [0.717, 1.165) is 4.90 Å². The lowest BCUT2D eigenvalue weighted by atomic mass is 10.4. The molecule has 0 bridgehead atoms. The number of nitrogens with zero attached hydrogens (tertiary/aromatic N) is 2. The van der Waals surface area contributed by atoms with Crippen LogP contribution >= 0.6 is 11.8 Å². The van der Waals surface area contributed by atoms with Crippen LogP contribution in [0.2, 0.25) is 0 Å². The zero-order valence-electron chi connectivity index (χ0n) is 12.2. The minimum Gasteiger partial charge on any atom is -0.407 e. The van der Waals surface area contributed by atoms with Crippen molar-refractivity contribution in [3.8, 4) is 5.75 Å². The fourth-order valence-corrected chi connectivity index (χ4v) is 2.61. The van der Waals surface area contributed by atoms with Crippen molar-refractivity contribution in [2.75, 3.05) is 13.1 Å². The number of aromatic nitrogens is 1. The summed E-state index contributed by atoms with van der Waals surface area (Å²) in [6.07, 6.45) is 1.35. The van der Waals surface area contributed by atoms with E-state index >= 15 is 0 Å². The summed E-state index contributed by atoms with van der Waals surface area (Å²) in [4.78, 5) is 19.0. The summed E-state index contributed by atoms with van der Waals surface area (Å²) in [6.45, 7) is 5.09. The lowest BCUT2D eigenvalue weighted by Crippen LogP contribution is -2.33. The largest absolute Gasteiger partial charge is 0.415 e. The predicted octanol–water partition coefficient (Wildman–Crippen LogP) is 4.07. The molecule has 0 aliphatic carbocycles. The maximum Gasteiger partial charge on any atom is 0.415 e. The Morgan fingerprint density at radius 1 is 1.14 bits per heavy atom. The zero-order chi connectivity index (χ0) is 15.1. The summed E-state index contributed by atoms with van der Waals surface area (Å²) in [5, 5.41) is 0.684. The number of benzene rings is 1. The van der Waals surface area contributed by atoms with Gasteiger partial charge in [0.2, 0.25) is 0 Å². The molecule has 1 aromatic carbocycles. The smallest absolute Gasteiger partial charge is 0.407 e. The van der Waals surface area contributed by atoms with Crippen LogP contribution in [0, 0.1) is 0 Å². The van der Waals surface area contributed by atoms with Crippen LogP contribution in [0.4, 0.5) is 4.79 Å². The topological polar surface area (TPSA) is 42.4 Å². The predicted molar refractivity (Wildman–Crippen MR) is 83.7 cm³/mol. The number of amides is 1. The average Bonchev–Trinajstić information content (AvgIpc) is 2.51. The fourth-order valence-electron chi connectivity index (χ4n) is 1.77. The quantitative estimate of drug-likeness (QED) is 0.835. The Morgan fingerprint density at radius 3 is 2.52 bits per heavy atom. The van der Waals surface area contributed by atoms with E-state index in [1.165, 1.54) is 11.8 Å². The lowest BCUT2D eigenvalue weighted by molar-refractivity contribution is 0.156. The number of rotatable bonds is 5. The molecule has 0 N–H and O–H groups in total. The monoisotopic (exact) mass is 302 g/mol. The maximum atomic E-state index is 12.0. The maximum absolute atomic E-state index is 12.0. The Hall–Kier alpha value is -2.01. The molecule has 5 heteroatoms. The van der Waals surface area contributed by atoms with Crippen LogP contribution in [-0.2, 0) is 0 Å². The highest BCUT2D eigenvalue weighted by molar-refractivity contribution is 7.99. The zero-order valence-corrected chi connectivity index (χ0v) is 13.0. The van der Waals surface area contributed by atoms with Crippen molar-refractivity contribution < 1.29 is 9.53 Å². The first kappa shape index (κ1) is 15.4. The van der Waals surface area contributed by atoms with Crippen LogP contribution in [0.5, 0.6) is 5.75 Å². The van der Waals surface area contributed by atoms with Gasteiger partial charge in [0, 0.05) is 24.2 Å². The van der Waals surface area contributed by atoms with Gasteiger partial charge in [0.15, 0.2) is 5.75 Å². The molecule has 0 radical (unpaired) electrons. The van der Waals surface area contributed by atoms with Crippen molar-refractivity contribution in [1.29, 1.82) is 0 Å². The molecule has 21 heavy (non-hydrogen) atoms. The molecular weight excluding hydrogens is 284 g/mol. The van der Waals surface area contributed by atoms with Crippen molar-refractivity contribution in [2.24, 2.45) is 0 Å². The van der Waals surface area contributed by atoms with Gasteiger partial charge in [-0.05, 0) is 38.1 Å². The Morgan fingerprint density at radius 2 is 1.86 bits per heavy atom. The van der Waals surface area contributed by atoms with Gasteiger partial charge in [-0.1, -0.05) is 30.0 Å². The highest BCUT2D eigenvalue weighted by Gasteiger charge is 2.15. The number of carbonyl (C=O) groups excluding carboxylic acids is 1. The third kappa shape index (κ3) is 4.23. The van der Waals surface area contributed by atoms with Crippen molar-refractivity contribution in [3.05, 3.63) is 48.7 Å². The Labute approximate surface area is 129 Å². The molecule has 0 spiro atoms. The van der Waals surface area contributed by atoms with Crippen LogP contribution in [0.1, 0.15) is 13.8 Å². The third-order valence-corrected chi connectivity index (χ3v) is 3.92. The molecule has 0 saturated heterocycles. The standard InChI is InChI=1S/C16H18N2O2S/c1-3-18(4-2)16(19)20-14-11-8-12-17-15(14)21-13-9-6-5-7-10-13/h5-12H,3-4H2,1-2H3. The number of hydrogen-bond donors (Lipinski definition) is 0. The van der Waals surface area contributed by atoms with Crippen molar-refractivity contribution in [2.45, 2.75) is 23.8 Å². The van der Waals surface area contributed by atoms with Gasteiger partial charge >= 0.3 is 6.09 Å². The van der Waals surface area contributed by atoms with Gasteiger partial charge in [-0.2, -0.15) is 0 Å². The molecule has 1 heterocycles. The first-order valence-electron chi connectivity index (χ1n) is 6.89. The molecule has 0 saturated carbocycles. The number of carbonyl (C=O) groups is 1. The molecule has 0 unspecified atom stereocenters. The van der Waals surface area contributed by atoms with Crippen LogP contribution in [0.15, 0.2) is 58.6 Å². The molecule has 110 valence electrons. The van der Waals surface area contributed by atoms with Crippen molar-refractivity contribution in [1.82, 2.24) is 9.88 Å². The van der Waals surface area contributed by atoms with E-state index in [9.17, 15) is 4.79 Å². The van der Waals surface area contributed by atoms with E-state index < -0.39 is 0 Å². The fraction of sp³-hybridized carbons (Fsp3) is 0.250. The lowest BCUT2D eigenvalue weighted by Gasteiger charge is -2.18. The molecule has 1 amide bonds. The van der Waals surface area contributed by atoms with E-state index in [-0.39, 0.29) is 6.09 Å². The Balaban J connectivity index is 2.15. The van der Waals surface area contributed by atoms with Crippen LogP contribution in [-0.4, -0.2) is 29.1 Å². The van der Waals surface area contributed by atoms with E-state index in [1.54, 1.807) is 23.2 Å². The molecule has 0 aliphatic rings. The molecule has 0 fully saturated rings. The third-order valence-electron chi connectivity index (χ3n) is 2.91. The van der Waals surface area contributed by atoms with Gasteiger partial charge in [0.1, 0.15) is 5.03 Å². The Bertz CT molecular complexity index is 586. The molecule has 2 aromatic rings. The first-order valence-corrected chi connectivity index (χ1v) is 7.71. The van der Waals surface area contributed by atoms with Gasteiger partial charge in [-0.3, -0.25) is 0 Å². The van der Waals surface area contributed by atoms with Crippen LogP contribution in [0.25, 0.3) is 0 Å². The van der Waals surface area contributed by atoms with E-state index in [4.69, 9.17) is 4.74 Å². The second kappa shape index (κ2) is 7.69. The normalized spacial score (nSPS) is 10.2. The second-order valence-electron chi connectivity index (χ2n) is 4.26. The average molecular weight is 302 g/mol. The summed E-state index contributed by atoms with van der Waals surface area (Å²) in [5.74, 6) is 0.489. The summed E-state index contributed by atoms with van der Waals surface area (Å²) < 4.78 is 5.47. The summed E-state index contributed by atoms with van der Waals surface area (Å²) in [5.41, 5.74) is 0. The van der Waals surface area contributed by atoms with E-state index in [1.807, 2.05) is 44.2 Å². The van der Waals surface area contributed by atoms with Gasteiger partial charge < -0.3 is 9.64 Å². The van der Waals surface area contributed by atoms with Gasteiger partial charge in [0.25, 0.3) is 0 Å². The van der Waals surface area contributed by atoms with Crippen LogP contribution < -0.4 is 4.74 Å². The molecule has 2 rings (SSSR count). The highest BCUT2D eigenvalue weighted by Crippen LogP contribution is 2.32. The van der Waals surface area contributed by atoms with Crippen molar-refractivity contribution in [3.63, 3.8) is 0 Å². The van der Waals surface area contributed by atoms with Crippen LogP contribution in [0.3, 0.4) is 0 Å². The van der Waals surface area contributed by atoms with Gasteiger partial charge in [-0.25, -0.2) is 9.78 Å². The number of hydrogen-bond acceptors (Lipinski definition) is 4. The summed E-state index contributed by atoms with van der Waals surface area (Å²) in [7, 11) is 0. The number of ether oxygens (including phenoxy) is 1. The molecule has 1 aromatic heterocycles. The van der Waals surface area contributed by atoms with Gasteiger partial charge in [-0.15, -0.1) is 0 Å². The summed E-state index contributed by atoms with van der Waals surface area (Å²) >= 11 is 1.48. The van der Waals surface area contributed by atoms with E-state index in [0.29, 0.717) is 23.9 Å². The van der Waals surface area contributed by atoms with Gasteiger partial charge in [0.05, 0.1) is 0 Å². The van der Waals surface area contributed by atoms with Crippen molar-refractivity contribution >= 4 is 17.9 Å². The Kier molecular flexibility index (Phi) is 5.63. The second-order valence-corrected chi connectivity index (χ2v) is 5.32. The minimum atomic E-state index is -0.345. The molecule has 4 nitrogen and oxygen atoms in total. The first-order chi connectivity index (χ1) is 10.2.